The molecule has 1 saturated heterocycles. The van der Waals surface area contributed by atoms with Gasteiger partial charge in [-0.05, 0) is 36.4 Å². The highest BCUT2D eigenvalue weighted by Crippen LogP contribution is 2.23. The second-order valence-electron chi connectivity index (χ2n) is 6.95. The molecule has 3 aromatic rings. The third-order valence-corrected chi connectivity index (χ3v) is 6.35. The first-order chi connectivity index (χ1) is 14.9. The lowest BCUT2D eigenvalue weighted by Gasteiger charge is -2.35. The lowest BCUT2D eigenvalue weighted by molar-refractivity contribution is 0.0747. The van der Waals surface area contributed by atoms with Crippen molar-refractivity contribution in [3.63, 3.8) is 0 Å². The minimum Gasteiger partial charge on any atom is -0.352 e. The van der Waals surface area contributed by atoms with Crippen molar-refractivity contribution in [1.82, 2.24) is 14.9 Å². The first-order valence-electron chi connectivity index (χ1n) is 9.62. The van der Waals surface area contributed by atoms with E-state index in [0.29, 0.717) is 26.2 Å². The van der Waals surface area contributed by atoms with E-state index < -0.39 is 15.8 Å². The van der Waals surface area contributed by atoms with E-state index in [2.05, 4.69) is 14.7 Å². The van der Waals surface area contributed by atoms with Gasteiger partial charge in [0.1, 0.15) is 11.6 Å². The van der Waals surface area contributed by atoms with E-state index in [-0.39, 0.29) is 22.1 Å². The van der Waals surface area contributed by atoms with E-state index in [9.17, 15) is 17.6 Å². The maximum absolute atomic E-state index is 13.1. The molecule has 0 atom stereocenters. The summed E-state index contributed by atoms with van der Waals surface area (Å²) >= 11 is 0. The minimum absolute atomic E-state index is 0.0891. The Kier molecular flexibility index (Phi) is 5.81. The molecule has 0 bridgehead atoms. The van der Waals surface area contributed by atoms with E-state index >= 15 is 0 Å². The molecule has 4 rings (SSSR count). The van der Waals surface area contributed by atoms with Gasteiger partial charge in [0.15, 0.2) is 0 Å². The molecule has 0 unspecified atom stereocenters. The monoisotopic (exact) mass is 441 g/mol. The summed E-state index contributed by atoms with van der Waals surface area (Å²) in [7, 11) is -3.97. The Morgan fingerprint density at radius 1 is 0.968 bits per heavy atom. The Morgan fingerprint density at radius 3 is 2.35 bits per heavy atom. The minimum atomic E-state index is -3.97. The number of carbonyl (C=O) groups is 1. The first kappa shape index (κ1) is 20.7. The van der Waals surface area contributed by atoms with Crippen molar-refractivity contribution < 1.29 is 17.6 Å². The van der Waals surface area contributed by atoms with Gasteiger partial charge in [-0.3, -0.25) is 14.5 Å². The summed E-state index contributed by atoms with van der Waals surface area (Å²) in [5.74, 6) is -0.0478. The van der Waals surface area contributed by atoms with Crippen LogP contribution in [-0.2, 0) is 10.0 Å². The van der Waals surface area contributed by atoms with E-state index in [0.717, 1.165) is 18.0 Å². The van der Waals surface area contributed by atoms with Gasteiger partial charge in [-0.15, -0.1) is 0 Å². The number of sulfonamides is 1. The maximum Gasteiger partial charge on any atom is 0.261 e. The Hall–Kier alpha value is -3.53. The molecule has 0 spiro atoms. The van der Waals surface area contributed by atoms with Crippen molar-refractivity contribution in [3.05, 3.63) is 78.5 Å². The number of hydrogen-bond acceptors (Lipinski definition) is 6. The number of para-hydroxylation sites is 1. The van der Waals surface area contributed by atoms with E-state index in [1.54, 1.807) is 41.7 Å². The van der Waals surface area contributed by atoms with Crippen LogP contribution in [0.1, 0.15) is 10.4 Å². The summed E-state index contributed by atoms with van der Waals surface area (Å²) in [6, 6.07) is 10.9. The molecule has 8 nitrogen and oxygen atoms in total. The molecule has 2 aromatic carbocycles. The molecule has 0 aliphatic carbocycles. The number of anilines is 2. The zero-order chi connectivity index (χ0) is 21.8. The zero-order valence-electron chi connectivity index (χ0n) is 16.5. The number of nitrogens with one attached hydrogen (secondary N) is 1. The Bertz CT molecular complexity index is 1170. The van der Waals surface area contributed by atoms with Crippen molar-refractivity contribution in [2.75, 3.05) is 35.8 Å². The van der Waals surface area contributed by atoms with E-state index in [1.807, 2.05) is 4.90 Å². The molecule has 10 heteroatoms. The van der Waals surface area contributed by atoms with Gasteiger partial charge >= 0.3 is 0 Å². The fourth-order valence-electron chi connectivity index (χ4n) is 3.34. The fraction of sp³-hybridized carbons (Fsp3) is 0.190. The van der Waals surface area contributed by atoms with Crippen LogP contribution in [0.3, 0.4) is 0 Å². The molecule has 1 aliphatic rings. The second kappa shape index (κ2) is 8.68. The van der Waals surface area contributed by atoms with Gasteiger partial charge < -0.3 is 9.80 Å². The molecule has 160 valence electrons. The molecular formula is C21H20FN5O3S. The fourth-order valence-corrected chi connectivity index (χ4v) is 4.42. The predicted molar refractivity (Wildman–Crippen MR) is 114 cm³/mol. The lowest BCUT2D eigenvalue weighted by Crippen LogP contribution is -2.49. The van der Waals surface area contributed by atoms with Gasteiger partial charge in [0.05, 0.1) is 22.3 Å². The zero-order valence-corrected chi connectivity index (χ0v) is 17.3. The molecule has 1 N–H and O–H groups in total. The van der Waals surface area contributed by atoms with Crippen molar-refractivity contribution >= 4 is 27.4 Å². The van der Waals surface area contributed by atoms with E-state index in [1.165, 1.54) is 18.2 Å². The number of hydrogen-bond donors (Lipinski definition) is 1. The van der Waals surface area contributed by atoms with Crippen LogP contribution in [-0.4, -0.2) is 55.4 Å². The average molecular weight is 441 g/mol. The average Bonchev–Trinajstić information content (AvgIpc) is 2.80. The van der Waals surface area contributed by atoms with Crippen molar-refractivity contribution in [2.24, 2.45) is 0 Å². The second-order valence-corrected chi connectivity index (χ2v) is 8.63. The highest BCUT2D eigenvalue weighted by atomic mass is 32.2. The molecule has 0 saturated carbocycles. The number of amides is 1. The summed E-state index contributed by atoms with van der Waals surface area (Å²) in [6.45, 7) is 2.12. The van der Waals surface area contributed by atoms with Gasteiger partial charge in [-0.25, -0.2) is 17.8 Å². The number of carbonyl (C=O) groups excluding carboxylic acids is 1. The van der Waals surface area contributed by atoms with Crippen LogP contribution >= 0.6 is 0 Å². The van der Waals surface area contributed by atoms with Gasteiger partial charge in [0.25, 0.3) is 15.9 Å². The van der Waals surface area contributed by atoms with Crippen LogP contribution in [0.25, 0.3) is 0 Å². The number of aromatic nitrogens is 2. The van der Waals surface area contributed by atoms with Gasteiger partial charge in [-0.2, -0.15) is 0 Å². The number of nitrogens with zero attached hydrogens (tertiary/aromatic N) is 4. The first-order valence-corrected chi connectivity index (χ1v) is 11.1. The smallest absolute Gasteiger partial charge is 0.261 e. The molecular weight excluding hydrogens is 421 g/mol. The van der Waals surface area contributed by atoms with Crippen molar-refractivity contribution in [3.8, 4) is 0 Å². The predicted octanol–water partition coefficient (Wildman–Crippen LogP) is 2.38. The third kappa shape index (κ3) is 4.64. The number of halogens is 1. The highest BCUT2D eigenvalue weighted by Gasteiger charge is 2.26. The highest BCUT2D eigenvalue weighted by molar-refractivity contribution is 7.92. The SMILES string of the molecule is O=C(c1ccccc1NS(=O)(=O)c1ccc(F)cc1)N1CCN(c2cnccn2)CC1. The molecule has 1 fully saturated rings. The quantitative estimate of drug-likeness (QED) is 0.653. The summed E-state index contributed by atoms with van der Waals surface area (Å²) in [4.78, 5) is 25.1. The Morgan fingerprint density at radius 2 is 1.68 bits per heavy atom. The molecule has 31 heavy (non-hydrogen) atoms. The van der Waals surface area contributed by atoms with Gasteiger partial charge in [0, 0.05) is 38.6 Å². The number of piperazine rings is 1. The van der Waals surface area contributed by atoms with Crippen LogP contribution in [0.5, 0.6) is 0 Å². The van der Waals surface area contributed by atoms with Crippen molar-refractivity contribution in [2.45, 2.75) is 4.90 Å². The molecule has 0 radical (unpaired) electrons. The van der Waals surface area contributed by atoms with Crippen LogP contribution in [0.15, 0.2) is 72.0 Å². The third-order valence-electron chi connectivity index (χ3n) is 4.97. The van der Waals surface area contributed by atoms with Gasteiger partial charge in [-0.1, -0.05) is 12.1 Å². The molecule has 1 aromatic heterocycles. The van der Waals surface area contributed by atoms with Gasteiger partial charge in [0.2, 0.25) is 0 Å². The van der Waals surface area contributed by atoms with Crippen LogP contribution in [0, 0.1) is 5.82 Å². The summed E-state index contributed by atoms with van der Waals surface area (Å²) in [5.41, 5.74) is 0.425. The standard InChI is InChI=1S/C21H20FN5O3S/c22-16-5-7-17(8-6-16)31(29,30)25-19-4-2-1-3-18(19)21(28)27-13-11-26(12-14-27)20-15-23-9-10-24-20/h1-10,15,25H,11-14H2. The lowest BCUT2D eigenvalue weighted by atomic mass is 10.1. The number of rotatable bonds is 5. The maximum atomic E-state index is 13.1. The molecule has 2 heterocycles. The Balaban J connectivity index is 1.49. The van der Waals surface area contributed by atoms with E-state index in [4.69, 9.17) is 0 Å². The van der Waals surface area contributed by atoms with Crippen LogP contribution < -0.4 is 9.62 Å². The largest absolute Gasteiger partial charge is 0.352 e. The molecule has 1 aliphatic heterocycles. The summed E-state index contributed by atoms with van der Waals surface area (Å²) < 4.78 is 41.0. The van der Waals surface area contributed by atoms with Crippen LogP contribution in [0.4, 0.5) is 15.9 Å². The Labute approximate surface area is 179 Å². The number of benzene rings is 2. The normalized spacial score (nSPS) is 14.4. The van der Waals surface area contributed by atoms with Crippen molar-refractivity contribution in [1.29, 1.82) is 0 Å². The summed E-state index contributed by atoms with van der Waals surface area (Å²) in [5, 5.41) is 0. The summed E-state index contributed by atoms with van der Waals surface area (Å²) in [6.07, 6.45) is 4.90. The molecule has 1 amide bonds. The topological polar surface area (TPSA) is 95.5 Å². The van der Waals surface area contributed by atoms with Crippen LogP contribution in [0.2, 0.25) is 0 Å².